The molecule has 0 N–H and O–H groups in total. The van der Waals surface area contributed by atoms with Crippen LogP contribution in [0.5, 0.6) is 5.75 Å². The summed E-state index contributed by atoms with van der Waals surface area (Å²) in [4.78, 5) is 5.21. The number of nitriles is 1. The lowest BCUT2D eigenvalue weighted by molar-refractivity contribution is 0.308. The summed E-state index contributed by atoms with van der Waals surface area (Å²) in [6, 6.07) is 9.32. The van der Waals surface area contributed by atoms with Crippen molar-refractivity contribution in [2.75, 3.05) is 0 Å². The topological polar surface area (TPSA) is 45.9 Å². The predicted molar refractivity (Wildman–Crippen MR) is 62.3 cm³/mol. The van der Waals surface area contributed by atoms with Gasteiger partial charge in [-0.15, -0.1) is 11.3 Å². The van der Waals surface area contributed by atoms with Crippen molar-refractivity contribution >= 4 is 11.3 Å². The zero-order valence-electron chi connectivity index (χ0n) is 8.80. The third-order valence-corrected chi connectivity index (χ3v) is 2.93. The zero-order chi connectivity index (χ0) is 11.4. The standard InChI is InChI=1S/C12H10N2OS/c1-9-14-7-11(16-9)8-15-12-5-3-2-4-10(12)6-13/h2-5,7H,8H2,1H3. The van der Waals surface area contributed by atoms with Crippen LogP contribution in [0.15, 0.2) is 30.5 Å². The highest BCUT2D eigenvalue weighted by molar-refractivity contribution is 7.11. The number of rotatable bonds is 3. The van der Waals surface area contributed by atoms with E-state index in [1.165, 1.54) is 0 Å². The van der Waals surface area contributed by atoms with E-state index in [2.05, 4.69) is 11.1 Å². The average Bonchev–Trinajstić information content (AvgIpc) is 2.73. The smallest absolute Gasteiger partial charge is 0.137 e. The molecule has 1 aromatic carbocycles. The van der Waals surface area contributed by atoms with Crippen molar-refractivity contribution in [3.63, 3.8) is 0 Å². The molecule has 0 atom stereocenters. The van der Waals surface area contributed by atoms with E-state index >= 15 is 0 Å². The second-order valence-corrected chi connectivity index (χ2v) is 4.56. The highest BCUT2D eigenvalue weighted by atomic mass is 32.1. The van der Waals surface area contributed by atoms with Gasteiger partial charge in [-0.1, -0.05) is 12.1 Å². The summed E-state index contributed by atoms with van der Waals surface area (Å²) in [5.41, 5.74) is 0.559. The van der Waals surface area contributed by atoms with Crippen LogP contribution in [0.25, 0.3) is 0 Å². The second kappa shape index (κ2) is 4.77. The Morgan fingerprint density at radius 3 is 2.94 bits per heavy atom. The molecule has 0 radical (unpaired) electrons. The summed E-state index contributed by atoms with van der Waals surface area (Å²) < 4.78 is 5.58. The molecule has 80 valence electrons. The monoisotopic (exact) mass is 230 g/mol. The van der Waals surface area contributed by atoms with E-state index in [-0.39, 0.29) is 0 Å². The molecule has 1 aromatic heterocycles. The molecule has 0 bridgehead atoms. The van der Waals surface area contributed by atoms with E-state index in [1.807, 2.05) is 19.1 Å². The van der Waals surface area contributed by atoms with Crippen molar-refractivity contribution in [3.05, 3.63) is 45.9 Å². The van der Waals surface area contributed by atoms with E-state index in [0.29, 0.717) is 17.9 Å². The second-order valence-electron chi connectivity index (χ2n) is 3.24. The predicted octanol–water partition coefficient (Wildman–Crippen LogP) is 2.90. The Morgan fingerprint density at radius 1 is 1.44 bits per heavy atom. The summed E-state index contributed by atoms with van der Waals surface area (Å²) in [5.74, 6) is 0.621. The fraction of sp³-hybridized carbons (Fsp3) is 0.167. The molecule has 2 aromatic rings. The molecule has 0 aliphatic rings. The molecule has 3 nitrogen and oxygen atoms in total. The summed E-state index contributed by atoms with van der Waals surface area (Å²) in [6.45, 7) is 2.42. The van der Waals surface area contributed by atoms with Crippen molar-refractivity contribution in [2.24, 2.45) is 0 Å². The minimum Gasteiger partial charge on any atom is -0.487 e. The molecule has 0 spiro atoms. The summed E-state index contributed by atoms with van der Waals surface area (Å²) in [6.07, 6.45) is 1.80. The molecule has 2 rings (SSSR count). The molecule has 4 heteroatoms. The highest BCUT2D eigenvalue weighted by Crippen LogP contribution is 2.19. The molecule has 0 saturated heterocycles. The lowest BCUT2D eigenvalue weighted by Gasteiger charge is -2.05. The van der Waals surface area contributed by atoms with E-state index in [4.69, 9.17) is 10.00 Å². The largest absolute Gasteiger partial charge is 0.487 e. The van der Waals surface area contributed by atoms with Gasteiger partial charge in [0, 0.05) is 6.20 Å². The van der Waals surface area contributed by atoms with E-state index in [1.54, 1.807) is 29.7 Å². The van der Waals surface area contributed by atoms with Crippen LogP contribution in [0, 0.1) is 18.3 Å². The fourth-order valence-electron chi connectivity index (χ4n) is 1.31. The van der Waals surface area contributed by atoms with Crippen LogP contribution in [0.4, 0.5) is 0 Å². The van der Waals surface area contributed by atoms with Crippen LogP contribution in [0.3, 0.4) is 0 Å². The molecule has 1 heterocycles. The molecule has 0 unspecified atom stereocenters. The molecule has 16 heavy (non-hydrogen) atoms. The number of aromatic nitrogens is 1. The van der Waals surface area contributed by atoms with Gasteiger partial charge in [0.25, 0.3) is 0 Å². The van der Waals surface area contributed by atoms with Crippen LogP contribution >= 0.6 is 11.3 Å². The van der Waals surface area contributed by atoms with Gasteiger partial charge in [0.15, 0.2) is 0 Å². The maximum absolute atomic E-state index is 8.88. The Morgan fingerprint density at radius 2 is 2.25 bits per heavy atom. The van der Waals surface area contributed by atoms with Crippen LogP contribution < -0.4 is 4.74 Å². The molecule has 0 saturated carbocycles. The van der Waals surface area contributed by atoms with Gasteiger partial charge < -0.3 is 4.74 Å². The van der Waals surface area contributed by atoms with Gasteiger partial charge in [-0.25, -0.2) is 4.98 Å². The highest BCUT2D eigenvalue weighted by Gasteiger charge is 2.03. The van der Waals surface area contributed by atoms with Gasteiger partial charge in [-0.05, 0) is 19.1 Å². The first-order chi connectivity index (χ1) is 7.79. The fourth-order valence-corrected chi connectivity index (χ4v) is 2.01. The Kier molecular flexibility index (Phi) is 3.18. The Bertz CT molecular complexity index is 528. The maximum Gasteiger partial charge on any atom is 0.137 e. The molecule has 0 aliphatic carbocycles. The third kappa shape index (κ3) is 2.38. The molecule has 0 aliphatic heterocycles. The lowest BCUT2D eigenvalue weighted by atomic mass is 10.2. The quantitative estimate of drug-likeness (QED) is 0.814. The maximum atomic E-state index is 8.88. The minimum atomic E-state index is 0.463. The number of thiazole rings is 1. The number of para-hydroxylation sites is 1. The van der Waals surface area contributed by atoms with Gasteiger partial charge >= 0.3 is 0 Å². The summed E-state index contributed by atoms with van der Waals surface area (Å²) in [7, 11) is 0. The summed E-state index contributed by atoms with van der Waals surface area (Å²) >= 11 is 1.60. The van der Waals surface area contributed by atoms with Crippen molar-refractivity contribution in [3.8, 4) is 11.8 Å². The van der Waals surface area contributed by atoms with Crippen molar-refractivity contribution in [2.45, 2.75) is 13.5 Å². The van der Waals surface area contributed by atoms with Gasteiger partial charge in [0.05, 0.1) is 15.4 Å². The molecule has 0 fully saturated rings. The summed E-state index contributed by atoms with van der Waals surface area (Å²) in [5, 5.41) is 9.90. The van der Waals surface area contributed by atoms with Crippen LogP contribution in [0.2, 0.25) is 0 Å². The first-order valence-corrected chi connectivity index (χ1v) is 5.64. The van der Waals surface area contributed by atoms with Gasteiger partial charge in [0.2, 0.25) is 0 Å². The average molecular weight is 230 g/mol. The van der Waals surface area contributed by atoms with Gasteiger partial charge in [0.1, 0.15) is 18.4 Å². The normalized spacial score (nSPS) is 9.75. The van der Waals surface area contributed by atoms with Crippen molar-refractivity contribution < 1.29 is 4.74 Å². The van der Waals surface area contributed by atoms with Gasteiger partial charge in [-0.3, -0.25) is 0 Å². The Labute approximate surface area is 97.9 Å². The number of ether oxygens (including phenoxy) is 1. The van der Waals surface area contributed by atoms with Crippen LogP contribution in [-0.4, -0.2) is 4.98 Å². The van der Waals surface area contributed by atoms with E-state index in [9.17, 15) is 0 Å². The first-order valence-electron chi connectivity index (χ1n) is 4.83. The van der Waals surface area contributed by atoms with E-state index in [0.717, 1.165) is 9.88 Å². The van der Waals surface area contributed by atoms with Crippen molar-refractivity contribution in [1.82, 2.24) is 4.98 Å². The lowest BCUT2D eigenvalue weighted by Crippen LogP contribution is -1.94. The molecule has 0 amide bonds. The Balaban J connectivity index is 2.08. The van der Waals surface area contributed by atoms with Crippen LogP contribution in [-0.2, 0) is 6.61 Å². The first kappa shape index (κ1) is 10.7. The number of aryl methyl sites for hydroxylation is 1. The SMILES string of the molecule is Cc1ncc(COc2ccccc2C#N)s1. The van der Waals surface area contributed by atoms with Gasteiger partial charge in [-0.2, -0.15) is 5.26 Å². The third-order valence-electron chi connectivity index (χ3n) is 2.05. The zero-order valence-corrected chi connectivity index (χ0v) is 9.62. The Hall–Kier alpha value is -1.86. The molecular formula is C12H10N2OS. The number of hydrogen-bond donors (Lipinski definition) is 0. The van der Waals surface area contributed by atoms with Crippen LogP contribution in [0.1, 0.15) is 15.4 Å². The molecular weight excluding hydrogens is 220 g/mol. The number of nitrogens with zero attached hydrogens (tertiary/aromatic N) is 2. The number of benzene rings is 1. The van der Waals surface area contributed by atoms with E-state index < -0.39 is 0 Å². The number of hydrogen-bond acceptors (Lipinski definition) is 4. The minimum absolute atomic E-state index is 0.463. The van der Waals surface area contributed by atoms with Crippen molar-refractivity contribution in [1.29, 1.82) is 5.26 Å².